The van der Waals surface area contributed by atoms with Gasteiger partial charge in [0, 0.05) is 0 Å². The summed E-state index contributed by atoms with van der Waals surface area (Å²) >= 11 is 0. The molecule has 0 fully saturated rings. The normalized spacial score (nSPS) is 24.0. The van der Waals surface area contributed by atoms with Gasteiger partial charge in [-0.25, -0.2) is 0 Å². The van der Waals surface area contributed by atoms with Crippen molar-refractivity contribution in [3.63, 3.8) is 0 Å². The molecule has 0 amide bonds. The second-order valence-corrected chi connectivity index (χ2v) is 3.12. The molecule has 0 aromatic carbocycles. The minimum absolute atomic E-state index is 0.353. The Morgan fingerprint density at radius 1 is 1.50 bits per heavy atom. The first-order chi connectivity index (χ1) is 5.47. The molecule has 1 rings (SSSR count). The van der Waals surface area contributed by atoms with Crippen LogP contribution in [0.25, 0.3) is 0 Å². The first-order valence-corrected chi connectivity index (χ1v) is 3.89. The Labute approximate surface area is 69.8 Å². The van der Waals surface area contributed by atoms with Gasteiger partial charge >= 0.3 is 6.18 Å². The van der Waals surface area contributed by atoms with Crippen LogP contribution in [0.3, 0.4) is 0 Å². The van der Waals surface area contributed by atoms with Crippen molar-refractivity contribution in [3.05, 3.63) is 23.8 Å². The maximum atomic E-state index is 11.9. The van der Waals surface area contributed by atoms with E-state index in [1.807, 2.05) is 13.0 Å². The summed E-state index contributed by atoms with van der Waals surface area (Å²) in [6, 6.07) is 0. The van der Waals surface area contributed by atoms with E-state index >= 15 is 0 Å². The van der Waals surface area contributed by atoms with E-state index in [-0.39, 0.29) is 5.92 Å². The van der Waals surface area contributed by atoms with Gasteiger partial charge in [0.1, 0.15) is 0 Å². The lowest BCUT2D eigenvalue weighted by Gasteiger charge is -2.16. The van der Waals surface area contributed by atoms with Crippen molar-refractivity contribution in [2.24, 2.45) is 5.92 Å². The van der Waals surface area contributed by atoms with Gasteiger partial charge in [0.2, 0.25) is 0 Å². The molecule has 12 heavy (non-hydrogen) atoms. The molecule has 0 aliphatic heterocycles. The quantitative estimate of drug-likeness (QED) is 0.574. The van der Waals surface area contributed by atoms with Crippen molar-refractivity contribution in [3.8, 4) is 0 Å². The van der Waals surface area contributed by atoms with Crippen LogP contribution >= 0.6 is 0 Å². The van der Waals surface area contributed by atoms with Gasteiger partial charge in [0.15, 0.2) is 0 Å². The molecule has 0 spiro atoms. The minimum Gasteiger partial charge on any atom is -0.171 e. The molecule has 0 bridgehead atoms. The first kappa shape index (κ1) is 9.36. The Balaban J connectivity index is 2.44. The molecule has 1 unspecified atom stereocenters. The van der Waals surface area contributed by atoms with E-state index in [1.165, 1.54) is 0 Å². The molecule has 0 aromatic rings. The number of hydrogen-bond acceptors (Lipinski definition) is 0. The highest BCUT2D eigenvalue weighted by Crippen LogP contribution is 2.29. The lowest BCUT2D eigenvalue weighted by atomic mass is 9.94. The summed E-state index contributed by atoms with van der Waals surface area (Å²) in [6.45, 7) is 1.89. The number of rotatable bonds is 1. The highest BCUT2D eigenvalue weighted by Gasteiger charge is 2.30. The summed E-state index contributed by atoms with van der Waals surface area (Å²) in [5, 5.41) is 0. The maximum absolute atomic E-state index is 11.9. The fourth-order valence-corrected chi connectivity index (χ4v) is 1.22. The lowest BCUT2D eigenvalue weighted by Crippen LogP contribution is -2.14. The molecule has 0 nitrogen and oxygen atoms in total. The molecule has 1 aliphatic rings. The predicted molar refractivity (Wildman–Crippen MR) is 41.7 cm³/mol. The Kier molecular flexibility index (Phi) is 2.60. The van der Waals surface area contributed by atoms with Gasteiger partial charge in [-0.2, -0.15) is 13.2 Å². The number of alkyl halides is 3. The molecular formula is C9H11F3. The summed E-state index contributed by atoms with van der Waals surface area (Å²) in [6.07, 6.45) is 1.02. The largest absolute Gasteiger partial charge is 0.389 e. The fourth-order valence-electron chi connectivity index (χ4n) is 1.22. The molecule has 3 heteroatoms. The van der Waals surface area contributed by atoms with E-state index in [1.54, 1.807) is 12.2 Å². The number of halogens is 3. The summed E-state index contributed by atoms with van der Waals surface area (Å²) in [5.41, 5.74) is 1.05. The van der Waals surface area contributed by atoms with Gasteiger partial charge in [-0.05, 0) is 19.3 Å². The van der Waals surface area contributed by atoms with Gasteiger partial charge in [-0.3, -0.25) is 0 Å². The van der Waals surface area contributed by atoms with Gasteiger partial charge in [0.05, 0.1) is 6.42 Å². The van der Waals surface area contributed by atoms with Crippen LogP contribution in [0.4, 0.5) is 13.2 Å². The van der Waals surface area contributed by atoms with Crippen LogP contribution in [0, 0.1) is 5.92 Å². The van der Waals surface area contributed by atoms with E-state index in [0.29, 0.717) is 6.42 Å². The zero-order chi connectivity index (χ0) is 9.19. The highest BCUT2D eigenvalue weighted by molar-refractivity contribution is 5.21. The average Bonchev–Trinajstić information content (AvgIpc) is 1.91. The molecule has 0 radical (unpaired) electrons. The summed E-state index contributed by atoms with van der Waals surface area (Å²) in [4.78, 5) is 0. The van der Waals surface area contributed by atoms with Crippen LogP contribution in [0.5, 0.6) is 0 Å². The Morgan fingerprint density at radius 3 is 2.58 bits per heavy atom. The Hall–Kier alpha value is -0.730. The number of hydrogen-bond donors (Lipinski definition) is 0. The van der Waals surface area contributed by atoms with Crippen LogP contribution in [-0.4, -0.2) is 6.18 Å². The molecular weight excluding hydrogens is 165 g/mol. The predicted octanol–water partition coefficient (Wildman–Crippen LogP) is 3.46. The van der Waals surface area contributed by atoms with Crippen molar-refractivity contribution in [1.82, 2.24) is 0 Å². The Morgan fingerprint density at radius 2 is 2.17 bits per heavy atom. The van der Waals surface area contributed by atoms with Crippen LogP contribution < -0.4 is 0 Å². The molecule has 0 heterocycles. The second kappa shape index (κ2) is 3.33. The van der Waals surface area contributed by atoms with Crippen molar-refractivity contribution in [1.29, 1.82) is 0 Å². The summed E-state index contributed by atoms with van der Waals surface area (Å²) in [5.74, 6) is -0.353. The zero-order valence-electron chi connectivity index (χ0n) is 6.86. The third-order valence-electron chi connectivity index (χ3n) is 1.87. The SMILES string of the molecule is CC1=CCC(CC(F)(F)F)C=C1. The molecule has 1 atom stereocenters. The molecule has 68 valence electrons. The fraction of sp³-hybridized carbons (Fsp3) is 0.556. The van der Waals surface area contributed by atoms with Crippen molar-refractivity contribution >= 4 is 0 Å². The van der Waals surface area contributed by atoms with Crippen molar-refractivity contribution < 1.29 is 13.2 Å². The first-order valence-electron chi connectivity index (χ1n) is 3.89. The molecule has 0 saturated carbocycles. The van der Waals surface area contributed by atoms with E-state index in [9.17, 15) is 13.2 Å². The van der Waals surface area contributed by atoms with Crippen molar-refractivity contribution in [2.75, 3.05) is 0 Å². The monoisotopic (exact) mass is 176 g/mol. The molecule has 0 N–H and O–H groups in total. The molecule has 0 saturated heterocycles. The van der Waals surface area contributed by atoms with Crippen LogP contribution in [0.15, 0.2) is 23.8 Å². The van der Waals surface area contributed by atoms with Crippen molar-refractivity contribution in [2.45, 2.75) is 25.9 Å². The Bertz CT molecular complexity index is 210. The summed E-state index contributed by atoms with van der Waals surface area (Å²) < 4.78 is 35.6. The van der Waals surface area contributed by atoms with E-state index < -0.39 is 12.6 Å². The standard InChI is InChI=1S/C9H11F3/c1-7-2-4-8(5-3-7)6-9(10,11)12/h2-4,8H,5-6H2,1H3. The minimum atomic E-state index is -4.03. The van der Waals surface area contributed by atoms with Gasteiger partial charge in [-0.15, -0.1) is 0 Å². The molecule has 0 aromatic heterocycles. The van der Waals surface area contributed by atoms with Gasteiger partial charge in [0.25, 0.3) is 0 Å². The maximum Gasteiger partial charge on any atom is 0.389 e. The lowest BCUT2D eigenvalue weighted by molar-refractivity contribution is -0.141. The van der Waals surface area contributed by atoms with E-state index in [2.05, 4.69) is 0 Å². The summed E-state index contributed by atoms with van der Waals surface area (Å²) in [7, 11) is 0. The highest BCUT2D eigenvalue weighted by atomic mass is 19.4. The second-order valence-electron chi connectivity index (χ2n) is 3.12. The average molecular weight is 176 g/mol. The smallest absolute Gasteiger partial charge is 0.171 e. The van der Waals surface area contributed by atoms with Crippen LogP contribution in [0.2, 0.25) is 0 Å². The zero-order valence-corrected chi connectivity index (χ0v) is 6.86. The number of allylic oxidation sites excluding steroid dienone is 4. The van der Waals surface area contributed by atoms with E-state index in [4.69, 9.17) is 0 Å². The van der Waals surface area contributed by atoms with Gasteiger partial charge in [-0.1, -0.05) is 23.8 Å². The van der Waals surface area contributed by atoms with Gasteiger partial charge < -0.3 is 0 Å². The van der Waals surface area contributed by atoms with Crippen LogP contribution in [0.1, 0.15) is 19.8 Å². The third kappa shape index (κ3) is 3.11. The van der Waals surface area contributed by atoms with Crippen LogP contribution in [-0.2, 0) is 0 Å². The molecule has 1 aliphatic carbocycles. The van der Waals surface area contributed by atoms with E-state index in [0.717, 1.165) is 5.57 Å². The third-order valence-corrected chi connectivity index (χ3v) is 1.87. The topological polar surface area (TPSA) is 0 Å².